The molecule has 56 heavy (non-hydrogen) atoms. The first-order chi connectivity index (χ1) is 26.0. The summed E-state index contributed by atoms with van der Waals surface area (Å²) in [6.45, 7) is 13.9. The van der Waals surface area contributed by atoms with Crippen molar-refractivity contribution in [2.24, 2.45) is 50.2 Å². The van der Waals surface area contributed by atoms with Crippen LogP contribution in [0.4, 0.5) is 0 Å². The van der Waals surface area contributed by atoms with Crippen molar-refractivity contribution in [1.29, 1.82) is 0 Å². The van der Waals surface area contributed by atoms with Crippen molar-refractivity contribution in [2.75, 3.05) is 13.2 Å². The Kier molecular flexibility index (Phi) is 11.0. The molecular weight excluding hydrogens is 728 g/mol. The summed E-state index contributed by atoms with van der Waals surface area (Å²) in [7, 11) is 0. The lowest BCUT2D eigenvalue weighted by Gasteiger charge is -2.71. The number of esters is 1. The van der Waals surface area contributed by atoms with E-state index >= 15 is 0 Å². The molecule has 4 saturated carbocycles. The normalized spacial score (nSPS) is 55.4. The topological polar surface area (TPSA) is 236 Å². The Morgan fingerprint density at radius 1 is 0.786 bits per heavy atom. The molecule has 320 valence electrons. The van der Waals surface area contributed by atoms with Crippen LogP contribution in [0.5, 0.6) is 0 Å². The van der Waals surface area contributed by atoms with Crippen LogP contribution in [0.3, 0.4) is 0 Å². The molecule has 0 amide bonds. The molecule has 9 N–H and O–H groups in total. The number of ether oxygens (including phenoxy) is 4. The van der Waals surface area contributed by atoms with Crippen LogP contribution in [0.1, 0.15) is 106 Å². The van der Waals surface area contributed by atoms with E-state index in [1.807, 2.05) is 6.92 Å². The lowest BCUT2D eigenvalue weighted by molar-refractivity contribution is -0.361. The lowest BCUT2D eigenvalue weighted by Crippen LogP contribution is -2.68. The zero-order valence-corrected chi connectivity index (χ0v) is 34.1. The van der Waals surface area contributed by atoms with E-state index in [1.54, 1.807) is 0 Å². The Balaban J connectivity index is 1.21. The molecule has 0 aromatic carbocycles. The van der Waals surface area contributed by atoms with Crippen LogP contribution in [0.2, 0.25) is 0 Å². The number of allylic oxidation sites excluding steroid dienone is 2. The van der Waals surface area contributed by atoms with Gasteiger partial charge in [-0.2, -0.15) is 0 Å². The van der Waals surface area contributed by atoms with Crippen molar-refractivity contribution in [1.82, 2.24) is 0 Å². The van der Waals surface area contributed by atoms with Gasteiger partial charge in [0.2, 0.25) is 6.29 Å². The van der Waals surface area contributed by atoms with Gasteiger partial charge < -0.3 is 64.9 Å². The highest BCUT2D eigenvalue weighted by Gasteiger charge is 2.71. The first kappa shape index (κ1) is 42.8. The molecule has 2 heterocycles. The zero-order chi connectivity index (χ0) is 41.1. The number of aliphatic hydroxyl groups excluding tert-OH is 9. The monoisotopic (exact) mass is 796 g/mol. The SMILES string of the molecule is C[C@@H]1O[C@@H](O[C@H]2[C@H](OC(=O)[C@]34CCC(C)(C)C[C@H]3C3=CC[C@@H]5[C@@]6(C)C[C@@H](O)[C@H](O)[C@@](C)(CO)[C@@H]6CC[C@@]5(C)[C@]3(C)CC4)O[C@H](CO)[C@@H](O)[C@@H]2O)[C@H](O)[C@H](O)[C@H]1O. The van der Waals surface area contributed by atoms with E-state index in [9.17, 15) is 50.8 Å². The number of hydrogen-bond acceptors (Lipinski definition) is 14. The third-order valence-electron chi connectivity index (χ3n) is 17.3. The summed E-state index contributed by atoms with van der Waals surface area (Å²) in [6, 6.07) is 0. The van der Waals surface area contributed by atoms with E-state index in [2.05, 4.69) is 40.7 Å². The number of rotatable bonds is 6. The molecule has 14 nitrogen and oxygen atoms in total. The van der Waals surface area contributed by atoms with Gasteiger partial charge in [-0.1, -0.05) is 53.2 Å². The van der Waals surface area contributed by atoms with E-state index in [1.165, 1.54) is 12.5 Å². The zero-order valence-electron chi connectivity index (χ0n) is 34.1. The van der Waals surface area contributed by atoms with Crippen molar-refractivity contribution in [3.05, 3.63) is 11.6 Å². The number of aliphatic hydroxyl groups is 9. The van der Waals surface area contributed by atoms with Gasteiger partial charge >= 0.3 is 5.97 Å². The van der Waals surface area contributed by atoms with Crippen LogP contribution >= 0.6 is 0 Å². The second kappa shape index (κ2) is 14.4. The molecular formula is C42H68O14. The van der Waals surface area contributed by atoms with Crippen LogP contribution in [0.15, 0.2) is 11.6 Å². The molecule has 0 aromatic heterocycles. The summed E-state index contributed by atoms with van der Waals surface area (Å²) < 4.78 is 23.7. The average Bonchev–Trinajstić information content (AvgIpc) is 3.14. The largest absolute Gasteiger partial charge is 0.432 e. The van der Waals surface area contributed by atoms with Crippen molar-refractivity contribution in [3.63, 3.8) is 0 Å². The molecule has 7 aliphatic rings. The predicted molar refractivity (Wildman–Crippen MR) is 199 cm³/mol. The molecule has 5 aliphatic carbocycles. The maximum atomic E-state index is 15.0. The molecule has 14 heteroatoms. The molecule has 7 rings (SSSR count). The second-order valence-corrected chi connectivity index (χ2v) is 20.6. The highest BCUT2D eigenvalue weighted by Crippen LogP contribution is 2.76. The minimum atomic E-state index is -1.75. The molecule has 0 bridgehead atoms. The standard InChI is InChI=1S/C42H68O14/c1-20-27(46)29(48)31(50)34(53-20)55-32-30(49)28(47)24(18-43)54-35(32)56-36(52)42-14-12-37(2,3)16-22(42)21-8-9-26-38(4)17-23(45)33(51)39(5,19-44)25(38)10-11-41(26,7)40(21,6)13-15-42/h8,20,22-35,43-51H,9-19H2,1-7H3/t20-,22-,23+,24+,25+,26+,27-,28+,29+,30-,31+,32+,33-,34-,35-,38-,39-,40+,41+,42-/m0/s1. The molecule has 2 saturated heterocycles. The van der Waals surface area contributed by atoms with Crippen molar-refractivity contribution >= 4 is 5.97 Å². The quantitative estimate of drug-likeness (QED) is 0.136. The Hall–Kier alpha value is -1.27. The second-order valence-electron chi connectivity index (χ2n) is 20.6. The molecule has 20 atom stereocenters. The molecule has 0 radical (unpaired) electrons. The van der Waals surface area contributed by atoms with Crippen LogP contribution in [0, 0.1) is 50.2 Å². The number of carbonyl (C=O) groups excluding carboxylic acids is 1. The molecule has 0 unspecified atom stereocenters. The Morgan fingerprint density at radius 3 is 2.12 bits per heavy atom. The van der Waals surface area contributed by atoms with Crippen LogP contribution in [-0.2, 0) is 23.7 Å². The maximum Gasteiger partial charge on any atom is 0.315 e. The fourth-order valence-corrected chi connectivity index (χ4v) is 13.6. The number of carbonyl (C=O) groups is 1. The van der Waals surface area contributed by atoms with Crippen LogP contribution in [0.25, 0.3) is 0 Å². The van der Waals surface area contributed by atoms with E-state index in [0.717, 1.165) is 32.1 Å². The van der Waals surface area contributed by atoms with Crippen LogP contribution in [-0.4, -0.2) is 139 Å². The van der Waals surface area contributed by atoms with Gasteiger partial charge in [-0.3, -0.25) is 4.79 Å². The van der Waals surface area contributed by atoms with Gasteiger partial charge in [-0.05, 0) is 104 Å². The Morgan fingerprint density at radius 2 is 1.46 bits per heavy atom. The predicted octanol–water partition coefficient (Wildman–Crippen LogP) is 1.29. The highest BCUT2D eigenvalue weighted by molar-refractivity contribution is 5.79. The van der Waals surface area contributed by atoms with Gasteiger partial charge in [0.15, 0.2) is 12.4 Å². The summed E-state index contributed by atoms with van der Waals surface area (Å²) in [4.78, 5) is 15.0. The minimum absolute atomic E-state index is 0.0141. The van der Waals surface area contributed by atoms with E-state index in [0.29, 0.717) is 25.7 Å². The molecule has 0 aromatic rings. The Labute approximate surface area is 330 Å². The highest BCUT2D eigenvalue weighted by atomic mass is 16.8. The smallest absolute Gasteiger partial charge is 0.315 e. The summed E-state index contributed by atoms with van der Waals surface area (Å²) in [5.41, 5.74) is -1.53. The lowest BCUT2D eigenvalue weighted by atomic mass is 9.33. The fourth-order valence-electron chi connectivity index (χ4n) is 13.6. The van der Waals surface area contributed by atoms with Crippen molar-refractivity contribution in [2.45, 2.75) is 180 Å². The number of fused-ring (bicyclic) bond motifs is 7. The van der Waals surface area contributed by atoms with Crippen molar-refractivity contribution < 1.29 is 69.7 Å². The molecule has 6 fully saturated rings. The van der Waals surface area contributed by atoms with Gasteiger partial charge in [0, 0.05) is 5.41 Å². The van der Waals surface area contributed by atoms with Gasteiger partial charge in [0.05, 0.1) is 36.9 Å². The Bertz CT molecular complexity index is 1520. The third-order valence-corrected chi connectivity index (χ3v) is 17.3. The van der Waals surface area contributed by atoms with Gasteiger partial charge in [-0.25, -0.2) is 0 Å². The molecule has 2 aliphatic heterocycles. The summed E-state index contributed by atoms with van der Waals surface area (Å²) in [5.74, 6) is -0.571. The average molecular weight is 797 g/mol. The van der Waals surface area contributed by atoms with E-state index < -0.39 is 97.0 Å². The van der Waals surface area contributed by atoms with Gasteiger partial charge in [-0.15, -0.1) is 0 Å². The third kappa shape index (κ3) is 6.13. The summed E-state index contributed by atoms with van der Waals surface area (Å²) in [6.07, 6.45) is -8.81. The minimum Gasteiger partial charge on any atom is -0.432 e. The maximum absolute atomic E-state index is 15.0. The van der Waals surface area contributed by atoms with E-state index in [-0.39, 0.29) is 46.0 Å². The first-order valence-corrected chi connectivity index (χ1v) is 20.9. The van der Waals surface area contributed by atoms with Gasteiger partial charge in [0.25, 0.3) is 0 Å². The van der Waals surface area contributed by atoms with E-state index in [4.69, 9.17) is 18.9 Å². The van der Waals surface area contributed by atoms with Crippen molar-refractivity contribution in [3.8, 4) is 0 Å². The summed E-state index contributed by atoms with van der Waals surface area (Å²) >= 11 is 0. The first-order valence-electron chi connectivity index (χ1n) is 20.9. The summed E-state index contributed by atoms with van der Waals surface area (Å²) in [5, 5.41) is 96.6. The van der Waals surface area contributed by atoms with Gasteiger partial charge in [0.1, 0.15) is 36.6 Å². The number of hydrogen-bond donors (Lipinski definition) is 9. The fraction of sp³-hybridized carbons (Fsp3) is 0.929. The molecule has 0 spiro atoms. The van der Waals surface area contributed by atoms with Crippen LogP contribution < -0.4 is 0 Å².